The number of aromatic amines is 1. The highest BCUT2D eigenvalue weighted by Gasteiger charge is 2.15. The van der Waals surface area contributed by atoms with Crippen LogP contribution in [0.1, 0.15) is 16.7 Å². The van der Waals surface area contributed by atoms with Gasteiger partial charge < -0.3 is 4.98 Å². The molecule has 8 heteroatoms. The van der Waals surface area contributed by atoms with Crippen LogP contribution in [0.5, 0.6) is 0 Å². The number of nitrogens with zero attached hydrogens (tertiary/aromatic N) is 4. The topological polar surface area (TPSA) is 125 Å². The minimum Gasteiger partial charge on any atom is -0.321 e. The van der Waals surface area contributed by atoms with Gasteiger partial charge in [0.2, 0.25) is 0 Å². The fourth-order valence-corrected chi connectivity index (χ4v) is 2.73. The highest BCUT2D eigenvalue weighted by molar-refractivity contribution is 5.95. The number of benzene rings is 2. The van der Waals surface area contributed by atoms with Crippen molar-refractivity contribution in [3.05, 3.63) is 73.6 Å². The Hall–Kier alpha value is -3.86. The van der Waals surface area contributed by atoms with Crippen LogP contribution in [0, 0.1) is 35.3 Å². The predicted octanol–water partition coefficient (Wildman–Crippen LogP) is 4.34. The second-order valence-corrected chi connectivity index (χ2v) is 5.67. The van der Waals surface area contributed by atoms with Crippen molar-refractivity contribution in [1.82, 2.24) is 4.98 Å². The van der Waals surface area contributed by atoms with Crippen molar-refractivity contribution in [2.45, 2.75) is 13.8 Å². The lowest BCUT2D eigenvalue weighted by atomic mass is 10.0. The Kier molecular flexibility index (Phi) is 4.29. The van der Waals surface area contributed by atoms with Gasteiger partial charge in [0, 0.05) is 11.5 Å². The van der Waals surface area contributed by atoms with Gasteiger partial charge in [0.15, 0.2) is 5.69 Å². The molecule has 1 N–H and O–H groups in total. The van der Waals surface area contributed by atoms with E-state index in [9.17, 15) is 20.2 Å². The Morgan fingerprint density at radius 2 is 1.88 bits per heavy atom. The average molecular weight is 347 g/mol. The fraction of sp³-hybridized carbons (Fsp3) is 0.111. The van der Waals surface area contributed by atoms with E-state index in [4.69, 9.17) is 0 Å². The first-order valence-electron chi connectivity index (χ1n) is 7.65. The lowest BCUT2D eigenvalue weighted by molar-refractivity contribution is -0.384. The Labute approximate surface area is 147 Å². The van der Waals surface area contributed by atoms with Crippen molar-refractivity contribution in [3.63, 3.8) is 0 Å². The first-order valence-corrected chi connectivity index (χ1v) is 7.65. The smallest absolute Gasteiger partial charge is 0.296 e. The summed E-state index contributed by atoms with van der Waals surface area (Å²) >= 11 is 0. The largest absolute Gasteiger partial charge is 0.321 e. The second kappa shape index (κ2) is 6.57. The number of hydrogen-bond acceptors (Lipinski definition) is 6. The number of rotatable bonds is 3. The van der Waals surface area contributed by atoms with E-state index < -0.39 is 10.5 Å². The van der Waals surface area contributed by atoms with Gasteiger partial charge in [0.25, 0.3) is 11.2 Å². The van der Waals surface area contributed by atoms with Gasteiger partial charge in [-0.15, -0.1) is 10.2 Å². The van der Waals surface area contributed by atoms with E-state index in [1.807, 2.05) is 13.0 Å². The monoisotopic (exact) mass is 347 g/mol. The van der Waals surface area contributed by atoms with Crippen LogP contribution >= 0.6 is 0 Å². The molecule has 0 spiro atoms. The molecule has 8 nitrogen and oxygen atoms in total. The molecule has 0 atom stereocenters. The lowest BCUT2D eigenvalue weighted by Crippen LogP contribution is -2.12. The second-order valence-electron chi connectivity index (χ2n) is 5.67. The van der Waals surface area contributed by atoms with Gasteiger partial charge in [-0.05, 0) is 37.1 Å². The van der Waals surface area contributed by atoms with Crippen LogP contribution in [0.3, 0.4) is 0 Å². The van der Waals surface area contributed by atoms with E-state index in [0.29, 0.717) is 22.2 Å². The maximum atomic E-state index is 12.0. The van der Waals surface area contributed by atoms with Crippen molar-refractivity contribution in [3.8, 4) is 6.07 Å². The molecular weight excluding hydrogens is 334 g/mol. The number of nitro benzene ring substituents is 1. The van der Waals surface area contributed by atoms with Crippen LogP contribution in [-0.2, 0) is 0 Å². The number of nitro groups is 1. The molecule has 0 saturated carbocycles. The van der Waals surface area contributed by atoms with Gasteiger partial charge in [-0.25, -0.2) is 0 Å². The number of azo groups is 1. The summed E-state index contributed by atoms with van der Waals surface area (Å²) in [5.41, 5.74) is 1.73. The summed E-state index contributed by atoms with van der Waals surface area (Å²) in [4.78, 5) is 25.2. The standard InChI is InChI=1S/C18H13N5O3/c1-10-7-8-14-16(11(2)12(9-19)18(24)20-14)17(10)22-21-13-5-3-4-6-15(13)23(25)26/h3-8H,1-2H3,(H,20,24). The van der Waals surface area contributed by atoms with E-state index in [1.165, 1.54) is 12.1 Å². The zero-order chi connectivity index (χ0) is 18.8. The van der Waals surface area contributed by atoms with Crippen molar-refractivity contribution < 1.29 is 4.92 Å². The van der Waals surface area contributed by atoms with Crippen molar-refractivity contribution in [2.75, 3.05) is 0 Å². The molecule has 0 fully saturated rings. The Balaban J connectivity index is 2.26. The molecule has 0 saturated heterocycles. The molecule has 0 aliphatic rings. The Morgan fingerprint density at radius 3 is 2.58 bits per heavy atom. The minimum atomic E-state index is -0.527. The number of nitrogens with one attached hydrogen (secondary N) is 1. The molecule has 0 unspecified atom stereocenters. The molecule has 2 aromatic carbocycles. The molecule has 0 aliphatic heterocycles. The zero-order valence-electron chi connectivity index (χ0n) is 14.0. The van der Waals surface area contributed by atoms with E-state index in [-0.39, 0.29) is 16.9 Å². The first-order chi connectivity index (χ1) is 12.4. The predicted molar refractivity (Wildman–Crippen MR) is 96.0 cm³/mol. The summed E-state index contributed by atoms with van der Waals surface area (Å²) in [5, 5.41) is 29.2. The maximum absolute atomic E-state index is 12.0. The van der Waals surface area contributed by atoms with Crippen LogP contribution in [0.2, 0.25) is 0 Å². The number of aryl methyl sites for hydroxylation is 2. The number of hydrogen-bond donors (Lipinski definition) is 1. The van der Waals surface area contributed by atoms with E-state index in [1.54, 1.807) is 31.2 Å². The van der Waals surface area contributed by atoms with Crippen molar-refractivity contribution >= 4 is 28.0 Å². The summed E-state index contributed by atoms with van der Waals surface area (Å²) in [5.74, 6) is 0. The third-order valence-corrected chi connectivity index (χ3v) is 4.05. The summed E-state index contributed by atoms with van der Waals surface area (Å²) < 4.78 is 0. The molecule has 0 bridgehead atoms. The summed E-state index contributed by atoms with van der Waals surface area (Å²) in [7, 11) is 0. The van der Waals surface area contributed by atoms with Gasteiger partial charge in [0.1, 0.15) is 11.6 Å². The minimum absolute atomic E-state index is 0.00485. The highest BCUT2D eigenvalue weighted by atomic mass is 16.6. The van der Waals surface area contributed by atoms with Crippen LogP contribution in [0.4, 0.5) is 17.1 Å². The zero-order valence-corrected chi connectivity index (χ0v) is 14.0. The molecule has 3 rings (SSSR count). The third-order valence-electron chi connectivity index (χ3n) is 4.05. The van der Waals surface area contributed by atoms with Gasteiger partial charge in [-0.2, -0.15) is 5.26 Å². The fourth-order valence-electron chi connectivity index (χ4n) is 2.73. The van der Waals surface area contributed by atoms with Gasteiger partial charge in [-0.1, -0.05) is 18.2 Å². The van der Waals surface area contributed by atoms with Crippen LogP contribution in [0.25, 0.3) is 10.9 Å². The van der Waals surface area contributed by atoms with Crippen molar-refractivity contribution in [2.24, 2.45) is 10.2 Å². The summed E-state index contributed by atoms with van der Waals surface area (Å²) in [6, 6.07) is 11.4. The van der Waals surface area contributed by atoms with Crippen molar-refractivity contribution in [1.29, 1.82) is 5.26 Å². The summed E-state index contributed by atoms with van der Waals surface area (Å²) in [6.07, 6.45) is 0. The SMILES string of the molecule is Cc1ccc2[nH]c(=O)c(C#N)c(C)c2c1N=Nc1ccccc1[N+](=O)[O-]. The van der Waals surface area contributed by atoms with E-state index >= 15 is 0 Å². The average Bonchev–Trinajstić information content (AvgIpc) is 2.61. The number of fused-ring (bicyclic) bond motifs is 1. The summed E-state index contributed by atoms with van der Waals surface area (Å²) in [6.45, 7) is 3.48. The molecule has 3 aromatic rings. The maximum Gasteiger partial charge on any atom is 0.296 e. The third kappa shape index (κ3) is 2.82. The lowest BCUT2D eigenvalue weighted by Gasteiger charge is -2.09. The first kappa shape index (κ1) is 17.0. The van der Waals surface area contributed by atoms with E-state index in [2.05, 4.69) is 15.2 Å². The normalized spacial score (nSPS) is 11.0. The number of pyridine rings is 1. The molecule has 128 valence electrons. The Bertz CT molecular complexity index is 1170. The molecule has 0 amide bonds. The molecule has 1 heterocycles. The van der Waals surface area contributed by atoms with Crippen LogP contribution in [-0.4, -0.2) is 9.91 Å². The number of H-pyrrole nitrogens is 1. The van der Waals surface area contributed by atoms with E-state index in [0.717, 1.165) is 5.56 Å². The van der Waals surface area contributed by atoms with Crippen LogP contribution < -0.4 is 5.56 Å². The number of nitriles is 1. The molecule has 0 radical (unpaired) electrons. The quantitative estimate of drug-likeness (QED) is 0.430. The molecule has 0 aliphatic carbocycles. The van der Waals surface area contributed by atoms with Gasteiger partial charge in [0.05, 0.1) is 16.1 Å². The Morgan fingerprint density at radius 1 is 1.15 bits per heavy atom. The van der Waals surface area contributed by atoms with Gasteiger partial charge in [-0.3, -0.25) is 14.9 Å². The number of para-hydroxylation sites is 1. The molecule has 26 heavy (non-hydrogen) atoms. The van der Waals surface area contributed by atoms with Gasteiger partial charge >= 0.3 is 0 Å². The van der Waals surface area contributed by atoms with Crippen LogP contribution in [0.15, 0.2) is 51.4 Å². The highest BCUT2D eigenvalue weighted by Crippen LogP contribution is 2.34. The molecular formula is C18H13N5O3. The molecule has 1 aromatic heterocycles. The number of aromatic nitrogens is 1.